The molecule has 4 aromatic heterocycles. The highest BCUT2D eigenvalue weighted by atomic mass is 15.0. The minimum Gasteiger partial charge on any atom is -0.310 e. The van der Waals surface area contributed by atoms with Gasteiger partial charge < -0.3 is 13.4 Å². The molecule has 206 valence electrons. The summed E-state index contributed by atoms with van der Waals surface area (Å²) in [7, 11) is 0. The largest absolute Gasteiger partial charge is 0.310 e. The smallest absolute Gasteiger partial charge is 0.0724 e. The molecule has 0 atom stereocenters. The van der Waals surface area contributed by atoms with Crippen molar-refractivity contribution in [1.29, 1.82) is 0 Å². The van der Waals surface area contributed by atoms with Crippen LogP contribution in [0, 0.1) is 0 Å². The second kappa shape index (κ2) is 8.40. The molecule has 0 fully saturated rings. The van der Waals surface area contributed by atoms with Crippen molar-refractivity contribution >= 4 is 92.9 Å². The average Bonchev–Trinajstić information content (AvgIpc) is 3.69. The van der Waals surface area contributed by atoms with Crippen molar-refractivity contribution in [2.45, 2.75) is 6.92 Å². The van der Waals surface area contributed by atoms with E-state index in [-0.39, 0.29) is 0 Å². The van der Waals surface area contributed by atoms with Gasteiger partial charge in [-0.3, -0.25) is 0 Å². The van der Waals surface area contributed by atoms with Crippen LogP contribution in [0.2, 0.25) is 0 Å². The summed E-state index contributed by atoms with van der Waals surface area (Å²) in [5.74, 6) is 0. The summed E-state index contributed by atoms with van der Waals surface area (Å²) in [6.45, 7) is 6.55. The Hall–Kier alpha value is -5.80. The number of nitrogens with zero attached hydrogens (tertiary/aromatic N) is 3. The van der Waals surface area contributed by atoms with Crippen LogP contribution in [0.1, 0.15) is 6.92 Å². The number of rotatable bonds is 2. The van der Waals surface area contributed by atoms with Crippen molar-refractivity contribution in [2.24, 2.45) is 0 Å². The molecule has 0 bridgehead atoms. The number of benzene rings is 6. The van der Waals surface area contributed by atoms with Gasteiger partial charge in [-0.1, -0.05) is 104 Å². The van der Waals surface area contributed by atoms with Crippen LogP contribution in [0.15, 0.2) is 140 Å². The van der Waals surface area contributed by atoms with Crippen LogP contribution in [-0.4, -0.2) is 13.4 Å². The second-order valence-corrected chi connectivity index (χ2v) is 11.8. The fourth-order valence-electron chi connectivity index (χ4n) is 7.90. The molecule has 0 radical (unpaired) electrons. The summed E-state index contributed by atoms with van der Waals surface area (Å²) < 4.78 is 7.33. The number of fused-ring (bicyclic) bond motifs is 13. The van der Waals surface area contributed by atoms with Gasteiger partial charge in [-0.2, -0.15) is 0 Å². The van der Waals surface area contributed by atoms with E-state index < -0.39 is 0 Å². The average molecular weight is 562 g/mol. The molecule has 44 heavy (non-hydrogen) atoms. The Kier molecular flexibility index (Phi) is 4.53. The molecule has 10 aromatic rings. The molecule has 0 aliphatic rings. The highest BCUT2D eigenvalue weighted by Crippen LogP contribution is 2.42. The molecule has 10 rings (SSSR count). The zero-order chi connectivity index (χ0) is 29.1. The second-order valence-electron chi connectivity index (χ2n) is 11.8. The SMILES string of the molecule is C=C(/C=C\C)n1c2ccccc2c2cc3c(cc21)n1c2ccccc2c2cccc(c4cccc5c6ccccc6n3c54)c21. The lowest BCUT2D eigenvalue weighted by atomic mass is 10.0. The maximum atomic E-state index is 4.51. The van der Waals surface area contributed by atoms with Gasteiger partial charge in [0.2, 0.25) is 0 Å². The minimum atomic E-state index is 0.951. The lowest BCUT2D eigenvalue weighted by molar-refractivity contribution is 1.24. The van der Waals surface area contributed by atoms with Gasteiger partial charge in [-0.25, -0.2) is 0 Å². The molecule has 0 saturated heterocycles. The van der Waals surface area contributed by atoms with Crippen molar-refractivity contribution < 1.29 is 0 Å². The van der Waals surface area contributed by atoms with E-state index in [1.54, 1.807) is 0 Å². The van der Waals surface area contributed by atoms with Crippen molar-refractivity contribution in [3.8, 4) is 0 Å². The summed E-state index contributed by atoms with van der Waals surface area (Å²) in [6, 6.07) is 44.8. The monoisotopic (exact) mass is 561 g/mol. The molecule has 3 heteroatoms. The van der Waals surface area contributed by atoms with E-state index in [9.17, 15) is 0 Å². The van der Waals surface area contributed by atoms with Crippen LogP contribution in [0.25, 0.3) is 92.9 Å². The van der Waals surface area contributed by atoms with Gasteiger partial charge in [0.15, 0.2) is 0 Å². The predicted molar refractivity (Wildman–Crippen MR) is 189 cm³/mol. The molecule has 0 spiro atoms. The lowest BCUT2D eigenvalue weighted by Gasteiger charge is -2.12. The van der Waals surface area contributed by atoms with E-state index in [4.69, 9.17) is 0 Å². The van der Waals surface area contributed by atoms with Crippen LogP contribution in [0.4, 0.5) is 0 Å². The molecule has 0 saturated carbocycles. The third kappa shape index (κ3) is 2.82. The molecule has 0 aliphatic carbocycles. The molecule has 0 aliphatic heterocycles. The van der Waals surface area contributed by atoms with E-state index in [0.717, 1.165) is 22.2 Å². The Morgan fingerprint density at radius 3 is 1.43 bits per heavy atom. The number of hydrogen-bond donors (Lipinski definition) is 0. The van der Waals surface area contributed by atoms with Crippen LogP contribution >= 0.6 is 0 Å². The van der Waals surface area contributed by atoms with Gasteiger partial charge >= 0.3 is 0 Å². The molecule has 0 unspecified atom stereocenters. The van der Waals surface area contributed by atoms with E-state index in [0.29, 0.717) is 0 Å². The summed E-state index contributed by atoms with van der Waals surface area (Å²) in [6.07, 6.45) is 4.16. The lowest BCUT2D eigenvalue weighted by Crippen LogP contribution is -1.97. The Morgan fingerprint density at radius 1 is 0.455 bits per heavy atom. The summed E-state index contributed by atoms with van der Waals surface area (Å²) in [5.41, 5.74) is 10.5. The fraction of sp³-hybridized carbons (Fsp3) is 0.0244. The summed E-state index contributed by atoms with van der Waals surface area (Å²) >= 11 is 0. The van der Waals surface area contributed by atoms with Crippen LogP contribution in [0.3, 0.4) is 0 Å². The van der Waals surface area contributed by atoms with Gasteiger partial charge in [-0.15, -0.1) is 0 Å². The normalized spacial score (nSPS) is 12.7. The van der Waals surface area contributed by atoms with Gasteiger partial charge in [0.05, 0.1) is 44.1 Å². The van der Waals surface area contributed by atoms with Crippen LogP contribution < -0.4 is 0 Å². The molecule has 0 amide bonds. The maximum Gasteiger partial charge on any atom is 0.0724 e. The highest BCUT2D eigenvalue weighted by Gasteiger charge is 2.21. The number of hydrogen-bond acceptors (Lipinski definition) is 0. The zero-order valence-corrected chi connectivity index (χ0v) is 24.3. The van der Waals surface area contributed by atoms with Crippen LogP contribution in [0.5, 0.6) is 0 Å². The van der Waals surface area contributed by atoms with E-state index in [1.165, 1.54) is 70.7 Å². The predicted octanol–water partition coefficient (Wildman–Crippen LogP) is 11.1. The Balaban J connectivity index is 1.64. The zero-order valence-electron chi connectivity index (χ0n) is 24.3. The van der Waals surface area contributed by atoms with Crippen molar-refractivity contribution in [3.05, 3.63) is 140 Å². The van der Waals surface area contributed by atoms with Crippen molar-refractivity contribution in [1.82, 2.24) is 13.4 Å². The first-order valence-electron chi connectivity index (χ1n) is 15.2. The third-order valence-electron chi connectivity index (χ3n) is 9.58. The first-order chi connectivity index (χ1) is 21.7. The molecule has 3 nitrogen and oxygen atoms in total. The Labute approximate surface area is 252 Å². The third-order valence-corrected chi connectivity index (χ3v) is 9.58. The number of allylic oxidation sites excluding steroid dienone is 3. The molecule has 0 N–H and O–H groups in total. The Morgan fingerprint density at radius 2 is 0.886 bits per heavy atom. The first-order valence-corrected chi connectivity index (χ1v) is 15.2. The summed E-state index contributed by atoms with van der Waals surface area (Å²) in [5, 5.41) is 10.0. The quantitative estimate of drug-likeness (QED) is 0.186. The Bertz CT molecular complexity index is 2910. The topological polar surface area (TPSA) is 13.8 Å². The fourth-order valence-corrected chi connectivity index (χ4v) is 7.90. The van der Waals surface area contributed by atoms with Crippen molar-refractivity contribution in [3.63, 3.8) is 0 Å². The maximum absolute atomic E-state index is 4.51. The van der Waals surface area contributed by atoms with E-state index in [2.05, 4.69) is 153 Å². The highest BCUT2D eigenvalue weighted by molar-refractivity contribution is 6.26. The van der Waals surface area contributed by atoms with Gasteiger partial charge in [-0.05, 0) is 43.3 Å². The van der Waals surface area contributed by atoms with Crippen LogP contribution in [-0.2, 0) is 0 Å². The first kappa shape index (κ1) is 23.7. The standard InChI is InChI=1S/C41H27N3/c1-3-12-25(2)42-34-20-7-6-15-28(34)33-23-38-39(24-37(33)42)44-36-22-9-5-14-27(36)30-17-11-19-32(41(30)44)31-18-10-16-29-26-13-4-8-21-35(26)43(38)40(29)31/h3-24H,2H2,1H3/b12-3-. The molecule has 4 heterocycles. The van der Waals surface area contributed by atoms with E-state index in [1.807, 2.05) is 6.92 Å². The van der Waals surface area contributed by atoms with E-state index >= 15 is 0 Å². The molecule has 6 aromatic carbocycles. The molecular weight excluding hydrogens is 534 g/mol. The molecular formula is C41H27N3. The van der Waals surface area contributed by atoms with Gasteiger partial charge in [0, 0.05) is 48.8 Å². The van der Waals surface area contributed by atoms with Gasteiger partial charge in [0.1, 0.15) is 0 Å². The van der Waals surface area contributed by atoms with Crippen molar-refractivity contribution in [2.75, 3.05) is 0 Å². The summed E-state index contributed by atoms with van der Waals surface area (Å²) in [4.78, 5) is 0. The van der Waals surface area contributed by atoms with Gasteiger partial charge in [0.25, 0.3) is 0 Å². The number of para-hydroxylation sites is 5. The minimum absolute atomic E-state index is 0.951. The number of aromatic nitrogens is 3.